The van der Waals surface area contributed by atoms with Crippen molar-refractivity contribution in [2.24, 2.45) is 23.7 Å². The molecule has 4 atom stereocenters. The zero-order chi connectivity index (χ0) is 11.9. The maximum Gasteiger partial charge on any atom is 0.330 e. The molecule has 16 heavy (non-hydrogen) atoms. The summed E-state index contributed by atoms with van der Waals surface area (Å²) in [4.78, 5) is 21.7. The zero-order valence-corrected chi connectivity index (χ0v) is 9.22. The molecule has 88 valence electrons. The van der Waals surface area contributed by atoms with Crippen molar-refractivity contribution >= 4 is 11.9 Å². The summed E-state index contributed by atoms with van der Waals surface area (Å²) in [6, 6.07) is 0. The van der Waals surface area contributed by atoms with E-state index in [0.717, 1.165) is 19.3 Å². The van der Waals surface area contributed by atoms with Crippen LogP contribution in [-0.4, -0.2) is 22.2 Å². The lowest BCUT2D eigenvalue weighted by atomic mass is 9.80. The Labute approximate surface area is 94.0 Å². The standard InChI is InChI=1S/C12H16O4/c1-6(11(13)14)2-8-3-7-4-9(8)10(5-7)12(15)16/h2,7-10H,3-5H2,1H3,(H,13,14)(H,15,16). The molecule has 0 heterocycles. The van der Waals surface area contributed by atoms with Crippen LogP contribution in [0, 0.1) is 23.7 Å². The van der Waals surface area contributed by atoms with Gasteiger partial charge < -0.3 is 10.2 Å². The molecule has 4 heteroatoms. The third-order valence-corrected chi connectivity index (χ3v) is 3.98. The fraction of sp³-hybridized carbons (Fsp3) is 0.667. The number of rotatable bonds is 3. The van der Waals surface area contributed by atoms with Crippen LogP contribution in [-0.2, 0) is 9.59 Å². The van der Waals surface area contributed by atoms with Crippen LogP contribution in [0.1, 0.15) is 26.2 Å². The van der Waals surface area contributed by atoms with Crippen LogP contribution in [0.4, 0.5) is 0 Å². The predicted octanol–water partition coefficient (Wildman–Crippen LogP) is 1.76. The van der Waals surface area contributed by atoms with Gasteiger partial charge in [0.2, 0.25) is 0 Å². The summed E-state index contributed by atoms with van der Waals surface area (Å²) in [6.45, 7) is 1.57. The van der Waals surface area contributed by atoms with Gasteiger partial charge in [-0.2, -0.15) is 0 Å². The van der Waals surface area contributed by atoms with E-state index < -0.39 is 11.9 Å². The Morgan fingerprint density at radius 2 is 1.88 bits per heavy atom. The fourth-order valence-corrected chi connectivity index (χ4v) is 3.27. The third-order valence-electron chi connectivity index (χ3n) is 3.98. The number of aliphatic carboxylic acids is 2. The second kappa shape index (κ2) is 3.92. The first kappa shape index (κ1) is 11.2. The molecular weight excluding hydrogens is 208 g/mol. The average molecular weight is 224 g/mol. The average Bonchev–Trinajstić information content (AvgIpc) is 2.75. The Morgan fingerprint density at radius 3 is 2.38 bits per heavy atom. The van der Waals surface area contributed by atoms with Crippen LogP contribution >= 0.6 is 0 Å². The normalized spacial score (nSPS) is 37.7. The Balaban J connectivity index is 2.12. The summed E-state index contributed by atoms with van der Waals surface area (Å²) in [5.41, 5.74) is 0.335. The van der Waals surface area contributed by atoms with Crippen LogP contribution in [0.15, 0.2) is 11.6 Å². The van der Waals surface area contributed by atoms with E-state index in [2.05, 4.69) is 0 Å². The number of carbonyl (C=O) groups is 2. The monoisotopic (exact) mass is 224 g/mol. The van der Waals surface area contributed by atoms with Gasteiger partial charge in [-0.05, 0) is 43.9 Å². The summed E-state index contributed by atoms with van der Waals surface area (Å²) < 4.78 is 0. The lowest BCUT2D eigenvalue weighted by Gasteiger charge is -2.24. The van der Waals surface area contributed by atoms with E-state index in [4.69, 9.17) is 10.2 Å². The van der Waals surface area contributed by atoms with Gasteiger partial charge in [-0.3, -0.25) is 4.79 Å². The summed E-state index contributed by atoms with van der Waals surface area (Å²) in [6.07, 6.45) is 4.43. The van der Waals surface area contributed by atoms with Gasteiger partial charge in [-0.15, -0.1) is 0 Å². The topological polar surface area (TPSA) is 74.6 Å². The van der Waals surface area contributed by atoms with Gasteiger partial charge in [0, 0.05) is 5.57 Å². The Morgan fingerprint density at radius 1 is 1.19 bits per heavy atom. The molecule has 2 aliphatic carbocycles. The maximum absolute atomic E-state index is 11.0. The minimum atomic E-state index is -0.908. The molecule has 2 N–H and O–H groups in total. The number of allylic oxidation sites excluding steroid dienone is 1. The zero-order valence-electron chi connectivity index (χ0n) is 9.22. The Bertz CT molecular complexity index is 358. The molecular formula is C12H16O4. The highest BCUT2D eigenvalue weighted by Crippen LogP contribution is 2.52. The van der Waals surface area contributed by atoms with Crippen molar-refractivity contribution in [3.63, 3.8) is 0 Å². The van der Waals surface area contributed by atoms with Gasteiger partial charge >= 0.3 is 11.9 Å². The predicted molar refractivity (Wildman–Crippen MR) is 56.8 cm³/mol. The maximum atomic E-state index is 11.0. The van der Waals surface area contributed by atoms with Crippen molar-refractivity contribution in [3.8, 4) is 0 Å². The van der Waals surface area contributed by atoms with E-state index in [0.29, 0.717) is 11.5 Å². The minimum Gasteiger partial charge on any atom is -0.481 e. The molecule has 2 aliphatic rings. The van der Waals surface area contributed by atoms with Crippen molar-refractivity contribution in [2.75, 3.05) is 0 Å². The first-order valence-corrected chi connectivity index (χ1v) is 5.63. The number of fused-ring (bicyclic) bond motifs is 2. The first-order valence-electron chi connectivity index (χ1n) is 5.63. The van der Waals surface area contributed by atoms with Gasteiger partial charge in [-0.25, -0.2) is 4.79 Å². The molecule has 0 amide bonds. The number of hydrogen-bond donors (Lipinski definition) is 2. The smallest absolute Gasteiger partial charge is 0.330 e. The Hall–Kier alpha value is -1.32. The van der Waals surface area contributed by atoms with Crippen molar-refractivity contribution in [1.29, 1.82) is 0 Å². The van der Waals surface area contributed by atoms with E-state index in [1.54, 1.807) is 13.0 Å². The quantitative estimate of drug-likeness (QED) is 0.716. The molecule has 0 saturated heterocycles. The number of carboxylic acid groups (broad SMARTS) is 2. The highest BCUT2D eigenvalue weighted by atomic mass is 16.4. The van der Waals surface area contributed by atoms with E-state index in [-0.39, 0.29) is 17.8 Å². The van der Waals surface area contributed by atoms with E-state index in [9.17, 15) is 9.59 Å². The second-order valence-corrected chi connectivity index (χ2v) is 5.00. The molecule has 0 spiro atoms. The van der Waals surface area contributed by atoms with Crippen molar-refractivity contribution < 1.29 is 19.8 Å². The lowest BCUT2D eigenvalue weighted by molar-refractivity contribution is -0.144. The molecule has 4 nitrogen and oxygen atoms in total. The number of carboxylic acids is 2. The molecule has 0 aliphatic heterocycles. The molecule has 0 aromatic carbocycles. The number of hydrogen-bond acceptors (Lipinski definition) is 2. The summed E-state index contributed by atoms with van der Waals surface area (Å²) in [5, 5.41) is 17.9. The molecule has 2 bridgehead atoms. The summed E-state index contributed by atoms with van der Waals surface area (Å²) >= 11 is 0. The molecule has 0 aromatic heterocycles. The van der Waals surface area contributed by atoms with Crippen molar-refractivity contribution in [2.45, 2.75) is 26.2 Å². The van der Waals surface area contributed by atoms with Crippen LogP contribution in [0.2, 0.25) is 0 Å². The largest absolute Gasteiger partial charge is 0.481 e. The fourth-order valence-electron chi connectivity index (χ4n) is 3.27. The SMILES string of the molecule is CC(=CC1CC2CC(C(=O)O)C1C2)C(=O)O. The lowest BCUT2D eigenvalue weighted by Crippen LogP contribution is -2.26. The third kappa shape index (κ3) is 1.84. The Kier molecular flexibility index (Phi) is 2.74. The van der Waals surface area contributed by atoms with Gasteiger partial charge in [0.25, 0.3) is 0 Å². The molecule has 0 radical (unpaired) electrons. The molecule has 2 saturated carbocycles. The van der Waals surface area contributed by atoms with Crippen molar-refractivity contribution in [3.05, 3.63) is 11.6 Å². The van der Waals surface area contributed by atoms with E-state index >= 15 is 0 Å². The first-order chi connectivity index (χ1) is 7.49. The van der Waals surface area contributed by atoms with Crippen LogP contribution in [0.25, 0.3) is 0 Å². The van der Waals surface area contributed by atoms with Crippen LogP contribution in [0.3, 0.4) is 0 Å². The summed E-state index contributed by atoms with van der Waals surface area (Å²) in [5.74, 6) is -1.11. The minimum absolute atomic E-state index is 0.149. The second-order valence-electron chi connectivity index (χ2n) is 5.00. The van der Waals surface area contributed by atoms with Crippen molar-refractivity contribution in [1.82, 2.24) is 0 Å². The molecule has 4 unspecified atom stereocenters. The van der Waals surface area contributed by atoms with Crippen LogP contribution < -0.4 is 0 Å². The van der Waals surface area contributed by atoms with E-state index in [1.807, 2.05) is 0 Å². The van der Waals surface area contributed by atoms with E-state index in [1.165, 1.54) is 0 Å². The molecule has 2 fully saturated rings. The van der Waals surface area contributed by atoms with Gasteiger partial charge in [0.1, 0.15) is 0 Å². The molecule has 0 aromatic rings. The highest BCUT2D eigenvalue weighted by Gasteiger charge is 2.48. The summed E-state index contributed by atoms with van der Waals surface area (Å²) in [7, 11) is 0. The highest BCUT2D eigenvalue weighted by molar-refractivity contribution is 5.85. The van der Waals surface area contributed by atoms with Gasteiger partial charge in [0.05, 0.1) is 5.92 Å². The molecule has 2 rings (SSSR count). The van der Waals surface area contributed by atoms with Gasteiger partial charge in [-0.1, -0.05) is 6.08 Å². The van der Waals surface area contributed by atoms with Gasteiger partial charge in [0.15, 0.2) is 0 Å². The van der Waals surface area contributed by atoms with Crippen LogP contribution in [0.5, 0.6) is 0 Å².